The number of nitrogens with one attached hydrogen (secondary N) is 1. The highest BCUT2D eigenvalue weighted by Crippen LogP contribution is 2.28. The average Bonchev–Trinajstić information content (AvgIpc) is 2.35. The van der Waals surface area contributed by atoms with Crippen LogP contribution in [0.15, 0.2) is 12.1 Å². The standard InChI is InChI=1S/C10H12F2N2O4/c1-17-8(18-2)5-13-10-7(14(15)16)4-3-6(11)9(10)12/h3-4,8,13H,5H2,1-2H3. The Morgan fingerprint density at radius 3 is 2.50 bits per heavy atom. The lowest BCUT2D eigenvalue weighted by Crippen LogP contribution is -2.24. The number of nitro groups is 1. The Morgan fingerprint density at radius 2 is 2.00 bits per heavy atom. The van der Waals surface area contributed by atoms with Crippen molar-refractivity contribution in [3.05, 3.63) is 33.9 Å². The molecule has 0 fully saturated rings. The van der Waals surface area contributed by atoms with Crippen molar-refractivity contribution in [1.29, 1.82) is 0 Å². The monoisotopic (exact) mass is 262 g/mol. The average molecular weight is 262 g/mol. The van der Waals surface area contributed by atoms with Gasteiger partial charge in [0, 0.05) is 20.3 Å². The fourth-order valence-corrected chi connectivity index (χ4v) is 1.31. The Bertz CT molecular complexity index is 438. The van der Waals surface area contributed by atoms with E-state index in [1.54, 1.807) is 0 Å². The summed E-state index contributed by atoms with van der Waals surface area (Å²) >= 11 is 0. The topological polar surface area (TPSA) is 73.6 Å². The number of anilines is 1. The minimum atomic E-state index is -1.31. The summed E-state index contributed by atoms with van der Waals surface area (Å²) in [4.78, 5) is 9.88. The largest absolute Gasteiger partial charge is 0.372 e. The fourth-order valence-electron chi connectivity index (χ4n) is 1.31. The fraction of sp³-hybridized carbons (Fsp3) is 0.400. The number of rotatable bonds is 6. The molecule has 0 aliphatic rings. The van der Waals surface area contributed by atoms with E-state index in [2.05, 4.69) is 5.32 Å². The number of nitro benzene ring substituents is 1. The third-order valence-electron chi connectivity index (χ3n) is 2.24. The van der Waals surface area contributed by atoms with Crippen molar-refractivity contribution in [3.63, 3.8) is 0 Å². The summed E-state index contributed by atoms with van der Waals surface area (Å²) in [5.41, 5.74) is -1.08. The van der Waals surface area contributed by atoms with Crippen LogP contribution in [0.3, 0.4) is 0 Å². The van der Waals surface area contributed by atoms with Crippen molar-refractivity contribution in [2.75, 3.05) is 26.1 Å². The van der Waals surface area contributed by atoms with Gasteiger partial charge < -0.3 is 14.8 Å². The molecular weight excluding hydrogens is 250 g/mol. The molecule has 0 atom stereocenters. The lowest BCUT2D eigenvalue weighted by Gasteiger charge is -2.15. The van der Waals surface area contributed by atoms with Crippen molar-refractivity contribution in [2.45, 2.75) is 6.29 Å². The van der Waals surface area contributed by atoms with Gasteiger partial charge in [0.1, 0.15) is 0 Å². The van der Waals surface area contributed by atoms with Crippen LogP contribution in [0.5, 0.6) is 0 Å². The van der Waals surface area contributed by atoms with E-state index in [0.29, 0.717) is 6.07 Å². The van der Waals surface area contributed by atoms with E-state index >= 15 is 0 Å². The number of hydrogen-bond acceptors (Lipinski definition) is 5. The van der Waals surface area contributed by atoms with Crippen LogP contribution in [0.1, 0.15) is 0 Å². The highest BCUT2D eigenvalue weighted by Gasteiger charge is 2.22. The lowest BCUT2D eigenvalue weighted by molar-refractivity contribution is -0.384. The van der Waals surface area contributed by atoms with Gasteiger partial charge in [-0.1, -0.05) is 0 Å². The van der Waals surface area contributed by atoms with Gasteiger partial charge in [0.05, 0.1) is 11.5 Å². The summed E-state index contributed by atoms with van der Waals surface area (Å²) in [5, 5.41) is 13.1. The van der Waals surface area contributed by atoms with Crippen LogP contribution in [0.2, 0.25) is 0 Å². The van der Waals surface area contributed by atoms with Crippen molar-refractivity contribution in [3.8, 4) is 0 Å². The lowest BCUT2D eigenvalue weighted by atomic mass is 10.2. The first-order chi connectivity index (χ1) is 8.51. The number of halogens is 2. The number of benzene rings is 1. The number of ether oxygens (including phenoxy) is 2. The predicted molar refractivity (Wildman–Crippen MR) is 59.3 cm³/mol. The molecule has 100 valence electrons. The highest BCUT2D eigenvalue weighted by atomic mass is 19.2. The molecule has 0 radical (unpaired) electrons. The molecule has 0 aromatic heterocycles. The Labute approximate surface area is 102 Å². The molecule has 0 aliphatic carbocycles. The summed E-state index contributed by atoms with van der Waals surface area (Å²) in [7, 11) is 2.71. The van der Waals surface area contributed by atoms with E-state index in [4.69, 9.17) is 9.47 Å². The summed E-state index contributed by atoms with van der Waals surface area (Å²) in [6.45, 7) is -0.0613. The van der Waals surface area contributed by atoms with Crippen LogP contribution >= 0.6 is 0 Å². The zero-order valence-corrected chi connectivity index (χ0v) is 9.78. The van der Waals surface area contributed by atoms with E-state index in [1.807, 2.05) is 0 Å². The molecule has 0 amide bonds. The molecule has 0 saturated heterocycles. The molecule has 1 N–H and O–H groups in total. The molecule has 8 heteroatoms. The first kappa shape index (κ1) is 14.3. The van der Waals surface area contributed by atoms with Crippen molar-refractivity contribution in [1.82, 2.24) is 0 Å². The zero-order chi connectivity index (χ0) is 13.7. The molecule has 0 spiro atoms. The van der Waals surface area contributed by atoms with Gasteiger partial charge in [0.15, 0.2) is 23.6 Å². The van der Waals surface area contributed by atoms with Gasteiger partial charge in [0.25, 0.3) is 5.69 Å². The van der Waals surface area contributed by atoms with Gasteiger partial charge >= 0.3 is 0 Å². The number of methoxy groups -OCH3 is 2. The normalized spacial score (nSPS) is 10.7. The van der Waals surface area contributed by atoms with Gasteiger partial charge in [0.2, 0.25) is 0 Å². The molecule has 0 aliphatic heterocycles. The zero-order valence-electron chi connectivity index (χ0n) is 9.78. The highest BCUT2D eigenvalue weighted by molar-refractivity contribution is 5.62. The maximum absolute atomic E-state index is 13.5. The Kier molecular flexibility index (Phi) is 4.93. The maximum atomic E-state index is 13.5. The van der Waals surface area contributed by atoms with E-state index in [0.717, 1.165) is 6.07 Å². The van der Waals surface area contributed by atoms with E-state index < -0.39 is 34.2 Å². The molecule has 0 saturated carbocycles. The van der Waals surface area contributed by atoms with Crippen LogP contribution in [-0.4, -0.2) is 32.0 Å². The number of hydrogen-bond donors (Lipinski definition) is 1. The Hall–Kier alpha value is -1.80. The third kappa shape index (κ3) is 3.11. The third-order valence-corrected chi connectivity index (χ3v) is 2.24. The van der Waals surface area contributed by atoms with Crippen molar-refractivity contribution < 1.29 is 23.2 Å². The number of nitrogens with zero attached hydrogens (tertiary/aromatic N) is 1. The minimum Gasteiger partial charge on any atom is -0.372 e. The summed E-state index contributed by atoms with van der Waals surface area (Å²) in [5.74, 6) is -2.48. The van der Waals surface area contributed by atoms with Crippen molar-refractivity contribution in [2.24, 2.45) is 0 Å². The smallest absolute Gasteiger partial charge is 0.295 e. The van der Waals surface area contributed by atoms with Crippen LogP contribution in [0, 0.1) is 21.7 Å². The first-order valence-corrected chi connectivity index (χ1v) is 4.93. The molecular formula is C10H12F2N2O4. The summed E-state index contributed by atoms with van der Waals surface area (Å²) in [6, 6.07) is 1.58. The predicted octanol–water partition coefficient (Wildman–Crippen LogP) is 1.90. The second-order valence-corrected chi connectivity index (χ2v) is 3.29. The molecule has 6 nitrogen and oxygen atoms in total. The molecule has 0 unspecified atom stereocenters. The summed E-state index contributed by atoms with van der Waals surface area (Å²) < 4.78 is 36.1. The molecule has 0 bridgehead atoms. The Balaban J connectivity index is 2.98. The molecule has 1 aromatic rings. The van der Waals surface area contributed by atoms with Crippen LogP contribution < -0.4 is 5.32 Å². The van der Waals surface area contributed by atoms with Gasteiger partial charge in [-0.3, -0.25) is 10.1 Å². The van der Waals surface area contributed by atoms with Gasteiger partial charge in [-0.25, -0.2) is 8.78 Å². The Morgan fingerprint density at radius 1 is 1.39 bits per heavy atom. The van der Waals surface area contributed by atoms with Crippen LogP contribution in [-0.2, 0) is 9.47 Å². The minimum absolute atomic E-state index is 0.0613. The van der Waals surface area contributed by atoms with Gasteiger partial charge in [-0.15, -0.1) is 0 Å². The van der Waals surface area contributed by atoms with Crippen molar-refractivity contribution >= 4 is 11.4 Å². The quantitative estimate of drug-likeness (QED) is 0.481. The van der Waals surface area contributed by atoms with Crippen LogP contribution in [0.4, 0.5) is 20.2 Å². The first-order valence-electron chi connectivity index (χ1n) is 4.93. The van der Waals surface area contributed by atoms with Gasteiger partial charge in [-0.2, -0.15) is 0 Å². The summed E-state index contributed by atoms with van der Waals surface area (Å²) in [6.07, 6.45) is -0.729. The van der Waals surface area contributed by atoms with E-state index in [9.17, 15) is 18.9 Å². The molecule has 1 rings (SSSR count). The van der Waals surface area contributed by atoms with Crippen LogP contribution in [0.25, 0.3) is 0 Å². The molecule has 0 heterocycles. The second kappa shape index (κ2) is 6.22. The maximum Gasteiger partial charge on any atom is 0.295 e. The SMILES string of the molecule is COC(CNc1c([N+](=O)[O-])ccc(F)c1F)OC. The molecule has 18 heavy (non-hydrogen) atoms. The van der Waals surface area contributed by atoms with E-state index in [-0.39, 0.29) is 6.54 Å². The van der Waals surface area contributed by atoms with Gasteiger partial charge in [-0.05, 0) is 6.07 Å². The molecule has 1 aromatic carbocycles. The second-order valence-electron chi connectivity index (χ2n) is 3.29. The van der Waals surface area contributed by atoms with E-state index in [1.165, 1.54) is 14.2 Å².